The topological polar surface area (TPSA) is 82.1 Å². The molecule has 1 aliphatic carbocycles. The third-order valence-electron chi connectivity index (χ3n) is 6.48. The van der Waals surface area contributed by atoms with Crippen LogP contribution in [-0.4, -0.2) is 48.6 Å². The molecule has 1 unspecified atom stereocenters. The molecule has 0 aromatic heterocycles. The number of allylic oxidation sites excluding steroid dienone is 2. The van der Waals surface area contributed by atoms with Crippen LogP contribution in [0, 0.1) is 17.8 Å². The van der Waals surface area contributed by atoms with Gasteiger partial charge in [0.25, 0.3) is 0 Å². The van der Waals surface area contributed by atoms with Crippen molar-refractivity contribution in [2.45, 2.75) is 97.1 Å². The maximum absolute atomic E-state index is 11.6. The number of rotatable bonds is 11. The zero-order valence-corrected chi connectivity index (χ0v) is 19.7. The summed E-state index contributed by atoms with van der Waals surface area (Å²) in [6, 6.07) is 0. The van der Waals surface area contributed by atoms with E-state index < -0.39 is 6.10 Å². The summed E-state index contributed by atoms with van der Waals surface area (Å²) in [5.41, 5.74) is 1.25. The normalized spacial score (nSPS) is 29.4. The van der Waals surface area contributed by atoms with E-state index in [-0.39, 0.29) is 48.0 Å². The SMILES string of the molecule is COC(=O)CCCC[C@@H]1C[C@@H]2[C@@H](/C=C/[C@@H](O)C(C)CC=C(C)C)[C@H](OC(C)=O)C[C@@H]2O1. The van der Waals surface area contributed by atoms with Crippen LogP contribution in [0.5, 0.6) is 0 Å². The van der Waals surface area contributed by atoms with Gasteiger partial charge in [-0.3, -0.25) is 9.59 Å². The number of aliphatic hydroxyl groups is 1. The van der Waals surface area contributed by atoms with Gasteiger partial charge in [0.05, 0.1) is 25.4 Å². The molecule has 0 spiro atoms. The average Bonchev–Trinajstić information content (AvgIpc) is 3.23. The first-order valence-corrected chi connectivity index (χ1v) is 11.6. The Labute approximate surface area is 187 Å². The molecule has 0 amide bonds. The number of ether oxygens (including phenoxy) is 3. The highest BCUT2D eigenvalue weighted by molar-refractivity contribution is 5.69. The first-order valence-electron chi connectivity index (χ1n) is 11.6. The van der Waals surface area contributed by atoms with Gasteiger partial charge >= 0.3 is 11.9 Å². The molecule has 0 bridgehead atoms. The van der Waals surface area contributed by atoms with Gasteiger partial charge in [0, 0.05) is 25.7 Å². The Bertz CT molecular complexity index is 650. The van der Waals surface area contributed by atoms with E-state index >= 15 is 0 Å². The maximum Gasteiger partial charge on any atom is 0.305 e. The first kappa shape index (κ1) is 25.6. The molecular weight excluding hydrogens is 396 g/mol. The molecule has 2 rings (SSSR count). The van der Waals surface area contributed by atoms with Crippen molar-refractivity contribution in [3.05, 3.63) is 23.8 Å². The fourth-order valence-electron chi connectivity index (χ4n) is 4.68. The molecule has 1 saturated carbocycles. The number of hydrogen-bond acceptors (Lipinski definition) is 6. The van der Waals surface area contributed by atoms with Crippen LogP contribution >= 0.6 is 0 Å². The number of carbonyl (C=O) groups is 2. The van der Waals surface area contributed by atoms with E-state index in [1.165, 1.54) is 19.6 Å². The van der Waals surface area contributed by atoms with E-state index in [1.54, 1.807) is 0 Å². The number of esters is 2. The summed E-state index contributed by atoms with van der Waals surface area (Å²) in [7, 11) is 1.41. The Morgan fingerprint density at radius 2 is 1.94 bits per heavy atom. The van der Waals surface area contributed by atoms with E-state index in [2.05, 4.69) is 24.7 Å². The Hall–Kier alpha value is -1.66. The first-order chi connectivity index (χ1) is 14.7. The van der Waals surface area contributed by atoms with Crippen LogP contribution in [0.1, 0.15) is 72.6 Å². The molecule has 31 heavy (non-hydrogen) atoms. The Morgan fingerprint density at radius 3 is 2.58 bits per heavy atom. The number of unbranched alkanes of at least 4 members (excludes halogenated alkanes) is 1. The molecule has 7 atom stereocenters. The number of fused-ring (bicyclic) bond motifs is 1. The van der Waals surface area contributed by atoms with Crippen molar-refractivity contribution >= 4 is 11.9 Å². The highest BCUT2D eigenvalue weighted by atomic mass is 16.6. The Morgan fingerprint density at radius 1 is 1.19 bits per heavy atom. The van der Waals surface area contributed by atoms with Crippen LogP contribution in [0.25, 0.3) is 0 Å². The minimum absolute atomic E-state index is 0.0549. The van der Waals surface area contributed by atoms with Gasteiger partial charge in [-0.2, -0.15) is 0 Å². The minimum Gasteiger partial charge on any atom is -0.469 e. The zero-order valence-electron chi connectivity index (χ0n) is 19.7. The second kappa shape index (κ2) is 12.4. The van der Waals surface area contributed by atoms with E-state index in [0.717, 1.165) is 32.1 Å². The van der Waals surface area contributed by atoms with E-state index in [0.29, 0.717) is 12.8 Å². The molecule has 2 aliphatic rings. The molecule has 1 aliphatic heterocycles. The number of aliphatic hydroxyl groups excluding tert-OH is 1. The third kappa shape index (κ3) is 8.08. The summed E-state index contributed by atoms with van der Waals surface area (Å²) in [6.07, 6.45) is 11.1. The summed E-state index contributed by atoms with van der Waals surface area (Å²) in [5, 5.41) is 10.6. The van der Waals surface area contributed by atoms with Crippen molar-refractivity contribution < 1.29 is 28.9 Å². The molecular formula is C25H40O6. The molecule has 6 nitrogen and oxygen atoms in total. The molecule has 1 heterocycles. The van der Waals surface area contributed by atoms with Crippen molar-refractivity contribution in [2.75, 3.05) is 7.11 Å². The quantitative estimate of drug-likeness (QED) is 0.294. The zero-order chi connectivity index (χ0) is 23.0. The highest BCUT2D eigenvalue weighted by Gasteiger charge is 2.49. The summed E-state index contributed by atoms with van der Waals surface area (Å²) < 4.78 is 16.5. The monoisotopic (exact) mass is 436 g/mol. The molecule has 0 aromatic rings. The van der Waals surface area contributed by atoms with Gasteiger partial charge in [-0.1, -0.05) is 37.1 Å². The van der Waals surface area contributed by atoms with Crippen molar-refractivity contribution in [3.8, 4) is 0 Å². The molecule has 6 heteroatoms. The van der Waals surface area contributed by atoms with E-state index in [9.17, 15) is 14.7 Å². The number of methoxy groups -OCH3 is 1. The predicted octanol–water partition coefficient (Wildman–Crippen LogP) is 4.35. The average molecular weight is 437 g/mol. The van der Waals surface area contributed by atoms with E-state index in [1.807, 2.05) is 19.1 Å². The summed E-state index contributed by atoms with van der Waals surface area (Å²) in [5.74, 6) is 0.0138. The standard InChI is InChI=1S/C25H40O6/c1-16(2)10-11-17(3)22(27)13-12-20-21-14-19(8-6-7-9-25(28)29-5)31-24(21)15-23(20)30-18(4)26/h10,12-13,17,19-24,27H,6-9,11,14-15H2,1-5H3/b13-12+/t17?,19-,20-,21-,22-,23-,24+/m1/s1. The van der Waals surface area contributed by atoms with Crippen molar-refractivity contribution in [2.24, 2.45) is 17.8 Å². The second-order valence-electron chi connectivity index (χ2n) is 9.35. The van der Waals surface area contributed by atoms with Crippen LogP contribution in [-0.2, 0) is 23.8 Å². The summed E-state index contributed by atoms with van der Waals surface area (Å²) in [4.78, 5) is 22.9. The largest absolute Gasteiger partial charge is 0.469 e. The lowest BCUT2D eigenvalue weighted by Gasteiger charge is -2.22. The van der Waals surface area contributed by atoms with Gasteiger partial charge < -0.3 is 19.3 Å². The van der Waals surface area contributed by atoms with Gasteiger partial charge in [0.15, 0.2) is 0 Å². The van der Waals surface area contributed by atoms with Gasteiger partial charge in [-0.05, 0) is 51.4 Å². The van der Waals surface area contributed by atoms with Gasteiger partial charge in [0.1, 0.15) is 6.10 Å². The molecule has 1 N–H and O–H groups in total. The van der Waals surface area contributed by atoms with Gasteiger partial charge in [-0.15, -0.1) is 0 Å². The summed E-state index contributed by atoms with van der Waals surface area (Å²) in [6.45, 7) is 7.60. The number of hydrogen-bond donors (Lipinski definition) is 1. The van der Waals surface area contributed by atoms with Gasteiger partial charge in [0.2, 0.25) is 0 Å². The Kier molecular flexibility index (Phi) is 10.2. The lowest BCUT2D eigenvalue weighted by Crippen LogP contribution is -2.25. The third-order valence-corrected chi connectivity index (χ3v) is 6.48. The van der Waals surface area contributed by atoms with Crippen molar-refractivity contribution in [3.63, 3.8) is 0 Å². The van der Waals surface area contributed by atoms with Crippen molar-refractivity contribution in [1.29, 1.82) is 0 Å². The summed E-state index contributed by atoms with van der Waals surface area (Å²) >= 11 is 0. The minimum atomic E-state index is -0.538. The lowest BCUT2D eigenvalue weighted by molar-refractivity contribution is -0.148. The molecule has 176 valence electrons. The molecule has 2 fully saturated rings. The smallest absolute Gasteiger partial charge is 0.305 e. The van der Waals surface area contributed by atoms with Crippen molar-refractivity contribution in [1.82, 2.24) is 0 Å². The van der Waals surface area contributed by atoms with Crippen LogP contribution in [0.3, 0.4) is 0 Å². The van der Waals surface area contributed by atoms with Crippen LogP contribution in [0.15, 0.2) is 23.8 Å². The van der Waals surface area contributed by atoms with Crippen LogP contribution < -0.4 is 0 Å². The van der Waals surface area contributed by atoms with Gasteiger partial charge in [-0.25, -0.2) is 0 Å². The Balaban J connectivity index is 1.94. The predicted molar refractivity (Wildman–Crippen MR) is 119 cm³/mol. The lowest BCUT2D eigenvalue weighted by atomic mass is 9.88. The highest BCUT2D eigenvalue weighted by Crippen LogP contribution is 2.46. The second-order valence-corrected chi connectivity index (χ2v) is 9.35. The molecule has 0 radical (unpaired) electrons. The van der Waals surface area contributed by atoms with Crippen LogP contribution in [0.4, 0.5) is 0 Å². The fraction of sp³-hybridized carbons (Fsp3) is 0.760. The molecule has 1 saturated heterocycles. The van der Waals surface area contributed by atoms with E-state index in [4.69, 9.17) is 9.47 Å². The molecule has 0 aromatic carbocycles. The fourth-order valence-corrected chi connectivity index (χ4v) is 4.68. The maximum atomic E-state index is 11.6. The van der Waals surface area contributed by atoms with Crippen LogP contribution in [0.2, 0.25) is 0 Å². The number of carbonyl (C=O) groups excluding carboxylic acids is 2.